The summed E-state index contributed by atoms with van der Waals surface area (Å²) in [7, 11) is 1.50. The van der Waals surface area contributed by atoms with E-state index >= 15 is 0 Å². The fourth-order valence-corrected chi connectivity index (χ4v) is 5.42. The molecule has 0 saturated carbocycles. The third-order valence-corrected chi connectivity index (χ3v) is 8.26. The van der Waals surface area contributed by atoms with Crippen molar-refractivity contribution < 1.29 is 43.6 Å². The molecule has 12 heteroatoms. The first-order valence-corrected chi connectivity index (χ1v) is 14.8. The van der Waals surface area contributed by atoms with Crippen LogP contribution in [0.1, 0.15) is 50.7 Å². The standard InChI is InChI=1S/C31H43N3O9/c1-31(19-43-31)28(38)25(15-20-5-3-4-6-20)32-30(40)26(27(37)21-7-9-24(41-2)10-8-21)33-29(39)22(18-35)16-23(36)17-34-11-13-42-14-12-34/h5,7-10,22,25-27,35,37H,3-4,6,11-19H2,1-2H3,(H,32,40)(H,33,39). The van der Waals surface area contributed by atoms with Crippen molar-refractivity contribution in [1.29, 1.82) is 0 Å². The second-order valence-corrected chi connectivity index (χ2v) is 11.6. The van der Waals surface area contributed by atoms with Crippen LogP contribution in [0.2, 0.25) is 0 Å². The molecule has 1 aromatic carbocycles. The van der Waals surface area contributed by atoms with E-state index in [9.17, 15) is 29.4 Å². The number of aliphatic hydroxyl groups is 2. The summed E-state index contributed by atoms with van der Waals surface area (Å²) >= 11 is 0. The Balaban J connectivity index is 1.51. The van der Waals surface area contributed by atoms with Crippen LogP contribution in [0.3, 0.4) is 0 Å². The molecule has 5 unspecified atom stereocenters. The molecule has 2 saturated heterocycles. The fraction of sp³-hybridized carbons (Fsp3) is 0.613. The Morgan fingerprint density at radius 1 is 1.09 bits per heavy atom. The number of benzene rings is 1. The smallest absolute Gasteiger partial charge is 0.246 e. The lowest BCUT2D eigenvalue weighted by atomic mass is 9.93. The molecule has 1 aliphatic carbocycles. The zero-order chi connectivity index (χ0) is 31.0. The Morgan fingerprint density at radius 3 is 2.37 bits per heavy atom. The van der Waals surface area contributed by atoms with Crippen molar-refractivity contribution in [3.05, 3.63) is 41.5 Å². The highest BCUT2D eigenvalue weighted by atomic mass is 16.6. The number of rotatable bonds is 16. The van der Waals surface area contributed by atoms with Crippen LogP contribution >= 0.6 is 0 Å². The van der Waals surface area contributed by atoms with Gasteiger partial charge in [-0.15, -0.1) is 0 Å². The average Bonchev–Trinajstić information content (AvgIpc) is 3.56. The van der Waals surface area contributed by atoms with E-state index in [1.807, 2.05) is 4.90 Å². The maximum absolute atomic E-state index is 13.8. The third-order valence-electron chi connectivity index (χ3n) is 8.26. The molecule has 4 N–H and O–H groups in total. The first-order valence-electron chi connectivity index (χ1n) is 14.8. The molecule has 2 heterocycles. The molecule has 2 amide bonds. The van der Waals surface area contributed by atoms with E-state index < -0.39 is 48.1 Å². The molecule has 0 radical (unpaired) electrons. The van der Waals surface area contributed by atoms with Gasteiger partial charge in [0.2, 0.25) is 11.8 Å². The topological polar surface area (TPSA) is 167 Å². The van der Waals surface area contributed by atoms with Crippen molar-refractivity contribution in [3.63, 3.8) is 0 Å². The molecule has 1 aromatic rings. The molecule has 3 aliphatic rings. The van der Waals surface area contributed by atoms with E-state index in [0.29, 0.717) is 44.0 Å². The van der Waals surface area contributed by atoms with Crippen molar-refractivity contribution in [2.24, 2.45) is 5.92 Å². The average molecular weight is 602 g/mol. The number of aliphatic hydroxyl groups excluding tert-OH is 2. The largest absolute Gasteiger partial charge is 0.497 e. The minimum Gasteiger partial charge on any atom is -0.497 e. The summed E-state index contributed by atoms with van der Waals surface area (Å²) in [5, 5.41) is 26.7. The summed E-state index contributed by atoms with van der Waals surface area (Å²) in [6.07, 6.45) is 3.32. The number of nitrogens with one attached hydrogen (secondary N) is 2. The highest BCUT2D eigenvalue weighted by Gasteiger charge is 2.50. The van der Waals surface area contributed by atoms with Crippen molar-refractivity contribution >= 4 is 23.4 Å². The first-order chi connectivity index (χ1) is 20.6. The summed E-state index contributed by atoms with van der Waals surface area (Å²) in [6.45, 7) is 3.64. The minimum atomic E-state index is -1.52. The van der Waals surface area contributed by atoms with Gasteiger partial charge in [0.1, 0.15) is 29.3 Å². The number of carbonyl (C=O) groups is 4. The van der Waals surface area contributed by atoms with Gasteiger partial charge in [-0.3, -0.25) is 24.1 Å². The van der Waals surface area contributed by atoms with Gasteiger partial charge in [-0.05, 0) is 50.3 Å². The van der Waals surface area contributed by atoms with Gasteiger partial charge in [-0.2, -0.15) is 0 Å². The molecule has 2 fully saturated rings. The monoisotopic (exact) mass is 601 g/mol. The number of carbonyl (C=O) groups excluding carboxylic acids is 4. The summed E-state index contributed by atoms with van der Waals surface area (Å²) in [5.74, 6) is -2.64. The van der Waals surface area contributed by atoms with Gasteiger partial charge in [0.25, 0.3) is 0 Å². The van der Waals surface area contributed by atoms with Crippen LogP contribution in [0.25, 0.3) is 0 Å². The predicted molar refractivity (Wildman–Crippen MR) is 155 cm³/mol. The van der Waals surface area contributed by atoms with E-state index in [1.165, 1.54) is 7.11 Å². The normalized spacial score (nSPS) is 22.9. The van der Waals surface area contributed by atoms with Crippen molar-refractivity contribution in [3.8, 4) is 5.75 Å². The van der Waals surface area contributed by atoms with Crippen LogP contribution in [0.4, 0.5) is 0 Å². The molecular formula is C31H43N3O9. The van der Waals surface area contributed by atoms with Crippen LogP contribution in [0.5, 0.6) is 5.75 Å². The highest BCUT2D eigenvalue weighted by molar-refractivity contribution is 5.98. The van der Waals surface area contributed by atoms with Crippen molar-refractivity contribution in [2.45, 2.75) is 62.8 Å². The number of methoxy groups -OCH3 is 1. The second kappa shape index (κ2) is 15.0. The number of allylic oxidation sites excluding steroid dienone is 1. The molecule has 12 nitrogen and oxygen atoms in total. The number of ketones is 2. The van der Waals surface area contributed by atoms with Gasteiger partial charge < -0.3 is 35.1 Å². The Labute approximate surface area is 251 Å². The maximum Gasteiger partial charge on any atom is 0.246 e. The van der Waals surface area contributed by atoms with E-state index in [1.54, 1.807) is 31.2 Å². The number of epoxide rings is 1. The van der Waals surface area contributed by atoms with Crippen LogP contribution in [-0.4, -0.2) is 109 Å². The summed E-state index contributed by atoms with van der Waals surface area (Å²) in [5.41, 5.74) is 0.384. The lowest BCUT2D eigenvalue weighted by molar-refractivity contribution is -0.138. The SMILES string of the molecule is COc1ccc(C(O)C(NC(=O)C(CO)CC(=O)CN2CCOCC2)C(=O)NC(CC2=CCCC2)C(=O)C2(C)CO2)cc1. The quantitative estimate of drug-likeness (QED) is 0.154. The number of amides is 2. The molecule has 4 rings (SSSR count). The molecule has 5 atom stereocenters. The molecule has 236 valence electrons. The number of ether oxygens (including phenoxy) is 3. The van der Waals surface area contributed by atoms with E-state index in [2.05, 4.69) is 16.7 Å². The zero-order valence-electron chi connectivity index (χ0n) is 24.9. The van der Waals surface area contributed by atoms with Crippen molar-refractivity contribution in [2.75, 3.05) is 53.2 Å². The first kappa shape index (κ1) is 32.7. The summed E-state index contributed by atoms with van der Waals surface area (Å²) in [6, 6.07) is 3.91. The van der Waals surface area contributed by atoms with Gasteiger partial charge in [0.15, 0.2) is 5.78 Å². The summed E-state index contributed by atoms with van der Waals surface area (Å²) in [4.78, 5) is 55.1. The lowest BCUT2D eigenvalue weighted by Crippen LogP contribution is -2.56. The molecule has 0 aromatic heterocycles. The highest BCUT2D eigenvalue weighted by Crippen LogP contribution is 2.31. The predicted octanol–water partition coefficient (Wildman–Crippen LogP) is 0.457. The number of hydrogen-bond donors (Lipinski definition) is 4. The van der Waals surface area contributed by atoms with Crippen LogP contribution in [-0.2, 0) is 28.7 Å². The van der Waals surface area contributed by atoms with E-state index in [0.717, 1.165) is 24.8 Å². The summed E-state index contributed by atoms with van der Waals surface area (Å²) < 4.78 is 15.9. The number of nitrogens with zero attached hydrogens (tertiary/aromatic N) is 1. The molecule has 2 aliphatic heterocycles. The van der Waals surface area contributed by atoms with Gasteiger partial charge in [-0.25, -0.2) is 0 Å². The van der Waals surface area contributed by atoms with Gasteiger partial charge >= 0.3 is 0 Å². The number of hydrogen-bond acceptors (Lipinski definition) is 10. The number of Topliss-reactive ketones (excluding diaryl/α,β-unsaturated/α-hetero) is 2. The maximum atomic E-state index is 13.8. The Bertz CT molecular complexity index is 1180. The van der Waals surface area contributed by atoms with Gasteiger partial charge in [0.05, 0.1) is 52.0 Å². The Morgan fingerprint density at radius 2 is 1.79 bits per heavy atom. The van der Waals surface area contributed by atoms with Crippen LogP contribution in [0.15, 0.2) is 35.9 Å². The lowest BCUT2D eigenvalue weighted by Gasteiger charge is -2.29. The molecule has 43 heavy (non-hydrogen) atoms. The second-order valence-electron chi connectivity index (χ2n) is 11.6. The van der Waals surface area contributed by atoms with Crippen LogP contribution in [0, 0.1) is 5.92 Å². The van der Waals surface area contributed by atoms with Crippen molar-refractivity contribution in [1.82, 2.24) is 15.5 Å². The van der Waals surface area contributed by atoms with E-state index in [-0.39, 0.29) is 31.1 Å². The van der Waals surface area contributed by atoms with Gasteiger partial charge in [-0.1, -0.05) is 23.8 Å². The Kier molecular flexibility index (Phi) is 11.4. The molecule has 0 spiro atoms. The third kappa shape index (κ3) is 8.93. The van der Waals surface area contributed by atoms with Crippen LogP contribution < -0.4 is 15.4 Å². The van der Waals surface area contributed by atoms with Gasteiger partial charge in [0, 0.05) is 19.5 Å². The number of morpholine rings is 1. The fourth-order valence-electron chi connectivity index (χ4n) is 5.42. The van der Waals surface area contributed by atoms with E-state index in [4.69, 9.17) is 14.2 Å². The molecular weight excluding hydrogens is 558 g/mol. The molecule has 0 bridgehead atoms. The Hall–Kier alpha value is -3.16. The zero-order valence-corrected chi connectivity index (χ0v) is 24.9. The minimum absolute atomic E-state index is 0.117.